The lowest BCUT2D eigenvalue weighted by atomic mass is 9.94. The first-order chi connectivity index (χ1) is 17.5. The highest BCUT2D eigenvalue weighted by Gasteiger charge is 2.35. The Bertz CT molecular complexity index is 1310. The van der Waals surface area contributed by atoms with Crippen LogP contribution >= 0.6 is 0 Å². The largest absolute Gasteiger partial charge is 0.419 e. The molecule has 3 unspecified atom stereocenters. The zero-order chi connectivity index (χ0) is 26.8. The highest BCUT2D eigenvalue weighted by Crippen LogP contribution is 2.39. The number of aromatic nitrogens is 3. The van der Waals surface area contributed by atoms with Gasteiger partial charge in [0, 0.05) is 32.8 Å². The minimum atomic E-state index is -3.55. The second-order valence-corrected chi connectivity index (χ2v) is 12.2. The van der Waals surface area contributed by atoms with Crippen LogP contribution in [0.5, 0.6) is 0 Å². The molecule has 3 atom stereocenters. The predicted molar refractivity (Wildman–Crippen MR) is 144 cm³/mol. The third kappa shape index (κ3) is 6.65. The molecule has 1 aliphatic carbocycles. The number of ether oxygens (including phenoxy) is 1. The first-order valence-corrected chi connectivity index (χ1v) is 14.2. The molecule has 1 aromatic carbocycles. The Hall–Kier alpha value is -3.02. The molecule has 2 aromatic heterocycles. The summed E-state index contributed by atoms with van der Waals surface area (Å²) in [5, 5.41) is 8.52. The van der Waals surface area contributed by atoms with E-state index in [0.29, 0.717) is 48.7 Å². The molecule has 11 heteroatoms. The Morgan fingerprint density at radius 2 is 1.86 bits per heavy atom. The Kier molecular flexibility index (Phi) is 7.86. The van der Waals surface area contributed by atoms with Gasteiger partial charge in [-0.3, -0.25) is 4.31 Å². The highest BCUT2D eigenvalue weighted by atomic mass is 32.2. The maximum Gasteiger partial charge on any atom is 0.248 e. The molecule has 0 saturated heterocycles. The normalized spacial score (nSPS) is 18.9. The zero-order valence-corrected chi connectivity index (χ0v) is 22.9. The molecule has 37 heavy (non-hydrogen) atoms. The van der Waals surface area contributed by atoms with Gasteiger partial charge in [0.05, 0.1) is 18.4 Å². The van der Waals surface area contributed by atoms with E-state index in [1.165, 1.54) is 7.05 Å². The van der Waals surface area contributed by atoms with E-state index < -0.39 is 15.6 Å². The van der Waals surface area contributed by atoms with Crippen LogP contribution in [0, 0.1) is 11.8 Å². The summed E-state index contributed by atoms with van der Waals surface area (Å²) in [6.45, 7) is 6.01. The first-order valence-electron chi connectivity index (χ1n) is 12.3. The van der Waals surface area contributed by atoms with Crippen LogP contribution in [0.2, 0.25) is 0 Å². The summed E-state index contributed by atoms with van der Waals surface area (Å²) < 4.78 is 37.3. The van der Waals surface area contributed by atoms with Crippen molar-refractivity contribution in [1.29, 1.82) is 0 Å². The van der Waals surface area contributed by atoms with Crippen LogP contribution in [0.1, 0.15) is 31.7 Å². The summed E-state index contributed by atoms with van der Waals surface area (Å²) in [5.74, 6) is 2.64. The van der Waals surface area contributed by atoms with E-state index in [1.807, 2.05) is 43.3 Å². The third-order valence-corrected chi connectivity index (χ3v) is 8.00. The van der Waals surface area contributed by atoms with Crippen LogP contribution in [0.3, 0.4) is 0 Å². The van der Waals surface area contributed by atoms with Crippen LogP contribution in [-0.4, -0.2) is 63.7 Å². The molecule has 200 valence electrons. The van der Waals surface area contributed by atoms with Gasteiger partial charge < -0.3 is 19.8 Å². The van der Waals surface area contributed by atoms with Gasteiger partial charge in [0.15, 0.2) is 0 Å². The molecule has 1 aliphatic rings. The smallest absolute Gasteiger partial charge is 0.248 e. The van der Waals surface area contributed by atoms with Crippen molar-refractivity contribution in [3.63, 3.8) is 0 Å². The van der Waals surface area contributed by atoms with Gasteiger partial charge in [0.1, 0.15) is 11.6 Å². The number of sulfonamides is 1. The van der Waals surface area contributed by atoms with Crippen LogP contribution < -0.4 is 14.9 Å². The SMILES string of the molecule is COCCN(CC1CC1C)c1cc(-c2nnc(C(C)(N)Cc3ccccc3)o2)cc(N(C)S(C)(=O)=O)n1. The Morgan fingerprint density at radius 3 is 2.49 bits per heavy atom. The third-order valence-electron chi connectivity index (χ3n) is 6.81. The zero-order valence-electron chi connectivity index (χ0n) is 22.1. The quantitative estimate of drug-likeness (QED) is 0.377. The van der Waals surface area contributed by atoms with Crippen molar-refractivity contribution in [1.82, 2.24) is 15.2 Å². The van der Waals surface area contributed by atoms with E-state index in [0.717, 1.165) is 29.1 Å². The second kappa shape index (κ2) is 10.8. The molecule has 0 bridgehead atoms. The minimum absolute atomic E-state index is 0.248. The lowest BCUT2D eigenvalue weighted by Crippen LogP contribution is -2.35. The topological polar surface area (TPSA) is 128 Å². The number of hydrogen-bond donors (Lipinski definition) is 1. The number of methoxy groups -OCH3 is 1. The second-order valence-electron chi connectivity index (χ2n) is 10.2. The van der Waals surface area contributed by atoms with Gasteiger partial charge in [-0.15, -0.1) is 10.2 Å². The van der Waals surface area contributed by atoms with Gasteiger partial charge in [-0.05, 0) is 49.3 Å². The van der Waals surface area contributed by atoms with Gasteiger partial charge in [0.25, 0.3) is 0 Å². The van der Waals surface area contributed by atoms with E-state index in [1.54, 1.807) is 13.2 Å². The van der Waals surface area contributed by atoms with Crippen molar-refractivity contribution in [3.05, 3.63) is 53.9 Å². The van der Waals surface area contributed by atoms with Gasteiger partial charge in [-0.2, -0.15) is 0 Å². The average Bonchev–Trinajstić information content (AvgIpc) is 3.31. The van der Waals surface area contributed by atoms with E-state index in [4.69, 9.17) is 19.9 Å². The van der Waals surface area contributed by atoms with E-state index in [9.17, 15) is 8.42 Å². The van der Waals surface area contributed by atoms with Crippen LogP contribution in [-0.2, 0) is 26.7 Å². The van der Waals surface area contributed by atoms with E-state index in [2.05, 4.69) is 22.0 Å². The van der Waals surface area contributed by atoms with Crippen molar-refractivity contribution in [3.8, 4) is 11.5 Å². The fourth-order valence-corrected chi connectivity index (χ4v) is 4.66. The number of anilines is 2. The van der Waals surface area contributed by atoms with Gasteiger partial charge in [-0.25, -0.2) is 13.4 Å². The number of hydrogen-bond acceptors (Lipinski definition) is 9. The van der Waals surface area contributed by atoms with Crippen molar-refractivity contribution < 1.29 is 17.6 Å². The number of rotatable bonds is 12. The van der Waals surface area contributed by atoms with Crippen LogP contribution in [0.25, 0.3) is 11.5 Å². The molecule has 2 heterocycles. The standard InChI is InChI=1S/C26H36N6O4S/c1-18-13-21(18)17-32(11-12-35-4)23-15-20(14-22(28-23)31(3)37(5,33)34)24-29-30-25(36-24)26(2,27)16-19-9-7-6-8-10-19/h6-10,14-15,18,21H,11-13,16-17,27H2,1-5H3. The molecule has 0 aliphatic heterocycles. The molecule has 4 rings (SSSR count). The molecule has 3 aromatic rings. The predicted octanol–water partition coefficient (Wildman–Crippen LogP) is 3.05. The fraction of sp³-hybridized carbons (Fsp3) is 0.500. The lowest BCUT2D eigenvalue weighted by molar-refractivity contribution is 0.204. The summed E-state index contributed by atoms with van der Waals surface area (Å²) >= 11 is 0. The molecular weight excluding hydrogens is 492 g/mol. The molecule has 0 amide bonds. The highest BCUT2D eigenvalue weighted by molar-refractivity contribution is 7.92. The number of benzene rings is 1. The molecule has 1 saturated carbocycles. The monoisotopic (exact) mass is 528 g/mol. The molecule has 0 spiro atoms. The van der Waals surface area contributed by atoms with Crippen molar-refractivity contribution in [2.75, 3.05) is 49.3 Å². The minimum Gasteiger partial charge on any atom is -0.419 e. The number of nitrogens with zero attached hydrogens (tertiary/aromatic N) is 5. The van der Waals surface area contributed by atoms with Gasteiger partial charge in [-0.1, -0.05) is 37.3 Å². The molecule has 2 N–H and O–H groups in total. The number of nitrogens with two attached hydrogens (primary N) is 1. The van der Waals surface area contributed by atoms with Crippen LogP contribution in [0.15, 0.2) is 46.9 Å². The van der Waals surface area contributed by atoms with Crippen molar-refractivity contribution in [2.45, 2.75) is 32.2 Å². The Labute approximate surface area is 218 Å². The summed E-state index contributed by atoms with van der Waals surface area (Å²) in [4.78, 5) is 6.82. The van der Waals surface area contributed by atoms with Crippen molar-refractivity contribution >= 4 is 21.7 Å². The number of pyridine rings is 1. The van der Waals surface area contributed by atoms with E-state index >= 15 is 0 Å². The lowest BCUT2D eigenvalue weighted by Gasteiger charge is -2.26. The summed E-state index contributed by atoms with van der Waals surface area (Å²) in [7, 11) is -0.413. The van der Waals surface area contributed by atoms with Crippen LogP contribution in [0.4, 0.5) is 11.6 Å². The first kappa shape index (κ1) is 27.0. The maximum absolute atomic E-state index is 12.4. The van der Waals surface area contributed by atoms with Gasteiger partial charge >= 0.3 is 0 Å². The van der Waals surface area contributed by atoms with Gasteiger partial charge in [0.2, 0.25) is 21.8 Å². The molecule has 0 radical (unpaired) electrons. The average molecular weight is 529 g/mol. The Morgan fingerprint density at radius 1 is 1.19 bits per heavy atom. The summed E-state index contributed by atoms with van der Waals surface area (Å²) in [5.41, 5.74) is 7.32. The molecule has 10 nitrogen and oxygen atoms in total. The maximum atomic E-state index is 12.4. The molecule has 1 fully saturated rings. The molecular formula is C26H36N6O4S. The van der Waals surface area contributed by atoms with E-state index in [-0.39, 0.29) is 11.7 Å². The Balaban J connectivity index is 1.71. The summed E-state index contributed by atoms with van der Waals surface area (Å²) in [6.07, 6.45) is 2.82. The van der Waals surface area contributed by atoms with Crippen molar-refractivity contribution in [2.24, 2.45) is 17.6 Å². The fourth-order valence-electron chi connectivity index (χ4n) is 4.22. The summed E-state index contributed by atoms with van der Waals surface area (Å²) in [6, 6.07) is 13.4.